The number of carbonyl (C=O) groups excluding carboxylic acids is 5. The van der Waals surface area contributed by atoms with Crippen molar-refractivity contribution in [2.75, 3.05) is 27.7 Å². The monoisotopic (exact) mass is 1230 g/mol. The molecule has 0 saturated heterocycles. The zero-order valence-corrected chi connectivity index (χ0v) is 60.1. The molecule has 1 aliphatic carbocycles. The van der Waals surface area contributed by atoms with Crippen LogP contribution in [0.3, 0.4) is 0 Å². The number of Topliss-reactive ketones (excluding diaryl/α,β-unsaturated/α-hetero) is 1. The molecule has 0 aliphatic heterocycles. The van der Waals surface area contributed by atoms with Crippen LogP contribution in [0.25, 0.3) is 5.57 Å². The van der Waals surface area contributed by atoms with Crippen molar-refractivity contribution in [3.63, 3.8) is 0 Å². The Hall–Kier alpha value is -6.47. The van der Waals surface area contributed by atoms with Crippen LogP contribution in [0.1, 0.15) is 200 Å². The van der Waals surface area contributed by atoms with E-state index < -0.39 is 18.1 Å². The van der Waals surface area contributed by atoms with Gasteiger partial charge in [-0.3, -0.25) is 24.0 Å². The molecule has 0 bridgehead atoms. The zero-order chi connectivity index (χ0) is 68.7. The molecule has 0 N–H and O–H groups in total. The highest BCUT2D eigenvalue weighted by Crippen LogP contribution is 2.41. The van der Waals surface area contributed by atoms with Gasteiger partial charge in [-0.2, -0.15) is 0 Å². The number of rotatable bonds is 35. The van der Waals surface area contributed by atoms with Gasteiger partial charge in [0, 0.05) is 39.4 Å². The number of allylic oxidation sites excluding steroid dienone is 5. The third-order valence-electron chi connectivity index (χ3n) is 15.9. The highest BCUT2D eigenvalue weighted by Gasteiger charge is 2.34. The summed E-state index contributed by atoms with van der Waals surface area (Å²) < 4.78 is 12.9. The SMILES string of the molecule is C=C=C(O[C@H](C)/C(=C/C)N(C)[C@@H](CC(C)C)C(=C=C)O[C@H](Cc1ccccc1)C(=O)N(C)CC(C)=O)[C@@H](C)CC(C)C.C=CC(=O)[C@H](/C=C\C(=O)[C@H](CC(C)C)N(C)C(=O)[C@@H](C)C=C)Cc1ccc(C(=C)CC2CC(CC)C2)cc1.CC.CC.CCC(C)C. The molecule has 2 amide bonds. The number of ether oxygens (including phenoxy) is 2. The summed E-state index contributed by atoms with van der Waals surface area (Å²) in [6.45, 7) is 58.6. The van der Waals surface area contributed by atoms with Gasteiger partial charge in [0.05, 0.1) is 30.2 Å². The Morgan fingerprint density at radius 2 is 1.17 bits per heavy atom. The Bertz CT molecular complexity index is 2590. The molecule has 0 aromatic heterocycles. The zero-order valence-electron chi connectivity index (χ0n) is 60.1. The maximum absolute atomic E-state index is 13.6. The highest BCUT2D eigenvalue weighted by molar-refractivity contribution is 5.99. The van der Waals surface area contributed by atoms with Crippen LogP contribution in [0.2, 0.25) is 0 Å². The fourth-order valence-electron chi connectivity index (χ4n) is 10.4. The van der Waals surface area contributed by atoms with Crippen LogP contribution in [0.5, 0.6) is 0 Å². The van der Waals surface area contributed by atoms with E-state index >= 15 is 0 Å². The predicted octanol–water partition coefficient (Wildman–Crippen LogP) is 18.7. The normalized spacial score (nSPS) is 15.6. The second kappa shape index (κ2) is 46.6. The molecule has 0 radical (unpaired) electrons. The number of amides is 2. The van der Waals surface area contributed by atoms with E-state index in [0.717, 1.165) is 65.2 Å². The van der Waals surface area contributed by atoms with E-state index in [9.17, 15) is 24.0 Å². The molecule has 89 heavy (non-hydrogen) atoms. The first-order valence-corrected chi connectivity index (χ1v) is 33.4. The number of ketones is 3. The van der Waals surface area contributed by atoms with Gasteiger partial charge in [0.1, 0.15) is 17.6 Å². The van der Waals surface area contributed by atoms with Gasteiger partial charge in [0.25, 0.3) is 5.91 Å². The van der Waals surface area contributed by atoms with Crippen LogP contribution in [-0.2, 0) is 46.3 Å². The van der Waals surface area contributed by atoms with E-state index in [2.05, 4.69) is 124 Å². The molecular formula is C79H125N3O7. The summed E-state index contributed by atoms with van der Waals surface area (Å²) in [7, 11) is 5.30. The number of nitrogens with zero attached hydrogens (tertiary/aromatic N) is 3. The molecule has 1 aliphatic rings. The average molecular weight is 1230 g/mol. The van der Waals surface area contributed by atoms with E-state index in [1.807, 2.05) is 111 Å². The van der Waals surface area contributed by atoms with Crippen molar-refractivity contribution in [3.8, 4) is 0 Å². The predicted molar refractivity (Wildman–Crippen MR) is 379 cm³/mol. The molecule has 10 heteroatoms. The summed E-state index contributed by atoms with van der Waals surface area (Å²) in [5, 5.41) is 0. The topological polar surface area (TPSA) is 114 Å². The van der Waals surface area contributed by atoms with Crippen LogP contribution in [0.15, 0.2) is 147 Å². The van der Waals surface area contributed by atoms with Gasteiger partial charge in [-0.05, 0) is 136 Å². The van der Waals surface area contributed by atoms with Crippen LogP contribution in [0, 0.1) is 53.3 Å². The quantitative estimate of drug-likeness (QED) is 0.0290. The Labute approximate surface area is 544 Å². The Morgan fingerprint density at radius 3 is 1.62 bits per heavy atom. The van der Waals surface area contributed by atoms with E-state index in [-0.39, 0.29) is 65.6 Å². The van der Waals surface area contributed by atoms with Crippen LogP contribution in [0.4, 0.5) is 0 Å². The number of hydrogen-bond acceptors (Lipinski definition) is 8. The van der Waals surface area contributed by atoms with E-state index in [1.54, 1.807) is 33.2 Å². The molecule has 10 nitrogen and oxygen atoms in total. The molecule has 1 fully saturated rings. The summed E-state index contributed by atoms with van der Waals surface area (Å²) in [5.41, 5.74) is 11.3. The largest absolute Gasteiger partial charge is 0.481 e. The average Bonchev–Trinajstić information content (AvgIpc) is 3.69. The standard InChI is InChI=1S/C36H54N2O4.C34H47NO3.C5H12.2C2H6/c1-13-31(29(10)41-33(14-2)27(8)21-25(4)5)38(12)32(22-26(6)7)34(15-3)42-35(23-30-19-17-16-18-20-30)36(40)37(11)24-28(9)39;1-9-24(6)34(38)35(8)31(18-23(4)5)33(37)17-16-30(32(36)11-3)22-27-12-14-29(15-13-27)25(7)19-28-20-26(10-2)21-28;1-4-5(2)3;2*1-2/h13,16-20,25-27,29,32,35H,2-3,21-24H2,1,4-12H3;9,11-17,23-24,26,28,30-31H,1,3,7,10,18-22H2,2,4-6,8H3;5H,4H2,1-3H3;2*1-2H3/b31-13-;17-16-;;;/t27-,29+,32-,35+;24-,26?,28?,30+,31-;;;/m00.../s1. The maximum atomic E-state index is 13.6. The number of carbonyl (C=O) groups is 5. The summed E-state index contributed by atoms with van der Waals surface area (Å²) >= 11 is 0. The third-order valence-corrected chi connectivity index (χ3v) is 15.9. The third kappa shape index (κ3) is 32.2. The number of hydrogen-bond donors (Lipinski definition) is 0. The molecule has 3 rings (SSSR count). The molecule has 2 aromatic carbocycles. The van der Waals surface area contributed by atoms with Crippen molar-refractivity contribution < 1.29 is 33.4 Å². The molecule has 0 spiro atoms. The molecule has 498 valence electrons. The van der Waals surface area contributed by atoms with Crippen LogP contribution in [-0.4, -0.2) is 95.8 Å². The Morgan fingerprint density at radius 1 is 0.652 bits per heavy atom. The smallest absolute Gasteiger partial charge is 0.264 e. The molecule has 0 unspecified atom stereocenters. The van der Waals surface area contributed by atoms with Gasteiger partial charge >= 0.3 is 0 Å². The molecule has 7 atom stereocenters. The first-order valence-electron chi connectivity index (χ1n) is 33.4. The minimum Gasteiger partial charge on any atom is -0.481 e. The molecule has 0 heterocycles. The minimum atomic E-state index is -0.848. The summed E-state index contributed by atoms with van der Waals surface area (Å²) in [4.78, 5) is 69.1. The fourth-order valence-corrected chi connectivity index (χ4v) is 10.4. The van der Waals surface area contributed by atoms with Crippen molar-refractivity contribution in [1.29, 1.82) is 0 Å². The summed E-state index contributed by atoms with van der Waals surface area (Å²) in [6.07, 6.45) is 16.3. The lowest BCUT2D eigenvalue weighted by Crippen LogP contribution is -2.44. The lowest BCUT2D eigenvalue weighted by Gasteiger charge is -2.37. The van der Waals surface area contributed by atoms with E-state index in [4.69, 9.17) is 9.47 Å². The second-order valence-electron chi connectivity index (χ2n) is 25.3. The molecule has 1 saturated carbocycles. The summed E-state index contributed by atoms with van der Waals surface area (Å²) in [6, 6.07) is 17.1. The van der Waals surface area contributed by atoms with Gasteiger partial charge in [0.15, 0.2) is 23.4 Å². The van der Waals surface area contributed by atoms with Crippen molar-refractivity contribution in [2.45, 2.75) is 220 Å². The van der Waals surface area contributed by atoms with Gasteiger partial charge < -0.3 is 24.2 Å². The molecular weight excluding hydrogens is 1100 g/mol. The summed E-state index contributed by atoms with van der Waals surface area (Å²) in [5.74, 6) is 3.32. The van der Waals surface area contributed by atoms with Gasteiger partial charge in [-0.25, -0.2) is 0 Å². The lowest BCUT2D eigenvalue weighted by molar-refractivity contribution is -0.142. The lowest BCUT2D eigenvalue weighted by atomic mass is 9.70. The van der Waals surface area contributed by atoms with Crippen molar-refractivity contribution in [1.82, 2.24) is 14.7 Å². The minimum absolute atomic E-state index is 0.0158. The van der Waals surface area contributed by atoms with Crippen LogP contribution >= 0.6 is 0 Å². The number of benzene rings is 2. The van der Waals surface area contributed by atoms with Crippen molar-refractivity contribution >= 4 is 34.7 Å². The van der Waals surface area contributed by atoms with E-state index in [1.165, 1.54) is 60.1 Å². The number of likely N-dealkylation sites (N-methyl/N-ethyl adjacent to an activating group) is 3. The van der Waals surface area contributed by atoms with Crippen molar-refractivity contribution in [3.05, 3.63) is 163 Å². The Kier molecular flexibility index (Phi) is 44.3. The first-order chi connectivity index (χ1) is 42.0. The van der Waals surface area contributed by atoms with Crippen molar-refractivity contribution in [2.24, 2.45) is 53.3 Å². The van der Waals surface area contributed by atoms with Gasteiger partial charge in [-0.15, -0.1) is 6.58 Å². The highest BCUT2D eigenvalue weighted by atomic mass is 16.5. The first kappa shape index (κ1) is 84.6. The van der Waals surface area contributed by atoms with Gasteiger partial charge in [0.2, 0.25) is 5.91 Å². The van der Waals surface area contributed by atoms with Crippen LogP contribution < -0.4 is 0 Å². The Balaban J connectivity index is 0. The maximum Gasteiger partial charge on any atom is 0.264 e. The van der Waals surface area contributed by atoms with E-state index in [0.29, 0.717) is 36.9 Å². The van der Waals surface area contributed by atoms with Gasteiger partial charge in [-0.1, -0.05) is 234 Å². The second-order valence-corrected chi connectivity index (χ2v) is 25.3. The molecule has 2 aromatic rings. The fraction of sp³-hybridized carbons (Fsp3) is 0.582.